The number of H-pyrrole nitrogens is 1. The summed E-state index contributed by atoms with van der Waals surface area (Å²) in [6.07, 6.45) is 6.39. The molecule has 0 aliphatic rings. The van der Waals surface area contributed by atoms with E-state index in [-0.39, 0.29) is 5.91 Å². The summed E-state index contributed by atoms with van der Waals surface area (Å²) in [5.41, 5.74) is 1.02. The minimum Gasteiger partial charge on any atom is -0.337 e. The maximum absolute atomic E-state index is 12.0. The molecule has 20 heavy (non-hydrogen) atoms. The lowest BCUT2D eigenvalue weighted by molar-refractivity contribution is -0.130. The van der Waals surface area contributed by atoms with Gasteiger partial charge in [0.25, 0.3) is 0 Å². The van der Waals surface area contributed by atoms with E-state index in [1.54, 1.807) is 24.3 Å². The second-order valence-corrected chi connectivity index (χ2v) is 4.71. The van der Waals surface area contributed by atoms with Gasteiger partial charge < -0.3 is 9.42 Å². The summed E-state index contributed by atoms with van der Waals surface area (Å²) in [4.78, 5) is 17.8. The SMILES string of the molecule is CCCc1noc(CN(C)C(=O)CCc2cn[nH]c2)n1. The van der Waals surface area contributed by atoms with Crippen LogP contribution in [0.4, 0.5) is 0 Å². The Morgan fingerprint density at radius 2 is 2.30 bits per heavy atom. The van der Waals surface area contributed by atoms with Crippen LogP contribution in [-0.4, -0.2) is 38.2 Å². The topological polar surface area (TPSA) is 87.9 Å². The Morgan fingerprint density at radius 1 is 1.45 bits per heavy atom. The van der Waals surface area contributed by atoms with Gasteiger partial charge in [0, 0.05) is 26.1 Å². The maximum Gasteiger partial charge on any atom is 0.246 e. The molecule has 7 heteroatoms. The van der Waals surface area contributed by atoms with Crippen molar-refractivity contribution in [3.63, 3.8) is 0 Å². The van der Waals surface area contributed by atoms with Crippen molar-refractivity contribution in [2.75, 3.05) is 7.05 Å². The highest BCUT2D eigenvalue weighted by atomic mass is 16.5. The Bertz CT molecular complexity index is 535. The second kappa shape index (κ2) is 6.83. The minimum absolute atomic E-state index is 0.0430. The van der Waals surface area contributed by atoms with Gasteiger partial charge in [-0.3, -0.25) is 9.89 Å². The number of aryl methyl sites for hydroxylation is 2. The molecular formula is C13H19N5O2. The fourth-order valence-corrected chi connectivity index (χ4v) is 1.83. The number of nitrogens with one attached hydrogen (secondary N) is 1. The van der Waals surface area contributed by atoms with Crippen molar-refractivity contribution in [1.29, 1.82) is 0 Å². The molecule has 2 heterocycles. The molecule has 0 unspecified atom stereocenters. The van der Waals surface area contributed by atoms with Crippen LogP contribution in [0.3, 0.4) is 0 Å². The van der Waals surface area contributed by atoms with Crippen molar-refractivity contribution >= 4 is 5.91 Å². The second-order valence-electron chi connectivity index (χ2n) is 4.71. The Morgan fingerprint density at radius 3 is 3.00 bits per heavy atom. The van der Waals surface area contributed by atoms with E-state index in [9.17, 15) is 4.79 Å². The number of hydrogen-bond acceptors (Lipinski definition) is 5. The summed E-state index contributed by atoms with van der Waals surface area (Å²) in [7, 11) is 1.74. The van der Waals surface area contributed by atoms with Gasteiger partial charge in [-0.25, -0.2) is 0 Å². The summed E-state index contributed by atoms with van der Waals surface area (Å²) in [6, 6.07) is 0. The van der Waals surface area contributed by atoms with E-state index < -0.39 is 0 Å². The summed E-state index contributed by atoms with van der Waals surface area (Å²) in [5.74, 6) is 1.22. The highest BCUT2D eigenvalue weighted by molar-refractivity contribution is 5.76. The van der Waals surface area contributed by atoms with Gasteiger partial charge in [0.05, 0.1) is 12.7 Å². The molecule has 0 spiro atoms. The highest BCUT2D eigenvalue weighted by Crippen LogP contribution is 2.06. The first kappa shape index (κ1) is 14.2. The van der Waals surface area contributed by atoms with Crippen LogP contribution in [0.25, 0.3) is 0 Å². The molecule has 0 saturated heterocycles. The van der Waals surface area contributed by atoms with Gasteiger partial charge in [0.15, 0.2) is 5.82 Å². The van der Waals surface area contributed by atoms with E-state index in [0.717, 1.165) is 18.4 Å². The molecule has 108 valence electrons. The first-order valence-corrected chi connectivity index (χ1v) is 6.72. The molecular weight excluding hydrogens is 258 g/mol. The lowest BCUT2D eigenvalue weighted by Crippen LogP contribution is -2.26. The van der Waals surface area contributed by atoms with Crippen molar-refractivity contribution < 1.29 is 9.32 Å². The normalized spacial score (nSPS) is 10.7. The maximum atomic E-state index is 12.0. The molecule has 0 aromatic carbocycles. The number of nitrogens with zero attached hydrogens (tertiary/aromatic N) is 4. The molecule has 0 fully saturated rings. The first-order chi connectivity index (χ1) is 9.69. The van der Waals surface area contributed by atoms with Crippen molar-refractivity contribution in [3.8, 4) is 0 Å². The Balaban J connectivity index is 1.80. The predicted molar refractivity (Wildman–Crippen MR) is 71.7 cm³/mol. The quantitative estimate of drug-likeness (QED) is 0.825. The average molecular weight is 277 g/mol. The van der Waals surface area contributed by atoms with Gasteiger partial charge in [-0.2, -0.15) is 10.1 Å². The monoisotopic (exact) mass is 277 g/mol. The predicted octanol–water partition coefficient (Wildman–Crippen LogP) is 1.34. The van der Waals surface area contributed by atoms with E-state index in [4.69, 9.17) is 4.52 Å². The fraction of sp³-hybridized carbons (Fsp3) is 0.538. The number of amides is 1. The van der Waals surface area contributed by atoms with Gasteiger partial charge in [0.1, 0.15) is 0 Å². The number of aromatic nitrogens is 4. The largest absolute Gasteiger partial charge is 0.337 e. The molecule has 7 nitrogen and oxygen atoms in total. The zero-order valence-corrected chi connectivity index (χ0v) is 11.8. The van der Waals surface area contributed by atoms with Crippen LogP contribution in [0.5, 0.6) is 0 Å². The van der Waals surface area contributed by atoms with E-state index >= 15 is 0 Å². The summed E-state index contributed by atoms with van der Waals surface area (Å²) < 4.78 is 5.12. The lowest BCUT2D eigenvalue weighted by Gasteiger charge is -2.14. The number of hydrogen-bond donors (Lipinski definition) is 1. The minimum atomic E-state index is 0.0430. The fourth-order valence-electron chi connectivity index (χ4n) is 1.83. The first-order valence-electron chi connectivity index (χ1n) is 6.72. The van der Waals surface area contributed by atoms with Crippen LogP contribution >= 0.6 is 0 Å². The summed E-state index contributed by atoms with van der Waals surface area (Å²) in [5, 5.41) is 10.4. The number of rotatable bonds is 7. The summed E-state index contributed by atoms with van der Waals surface area (Å²) in [6.45, 7) is 2.41. The van der Waals surface area contributed by atoms with E-state index in [1.807, 2.05) is 0 Å². The molecule has 0 aliphatic heterocycles. The molecule has 0 radical (unpaired) electrons. The number of carbonyl (C=O) groups excluding carboxylic acids is 1. The van der Waals surface area contributed by atoms with Crippen molar-refractivity contribution in [2.24, 2.45) is 0 Å². The third-order valence-electron chi connectivity index (χ3n) is 2.96. The molecule has 2 aromatic heterocycles. The van der Waals surface area contributed by atoms with Gasteiger partial charge in [-0.1, -0.05) is 12.1 Å². The van der Waals surface area contributed by atoms with E-state index in [0.29, 0.717) is 31.1 Å². The number of aromatic amines is 1. The number of carbonyl (C=O) groups is 1. The molecule has 0 bridgehead atoms. The molecule has 2 aromatic rings. The molecule has 2 rings (SSSR count). The van der Waals surface area contributed by atoms with Crippen molar-refractivity contribution in [3.05, 3.63) is 29.7 Å². The third kappa shape index (κ3) is 3.91. The van der Waals surface area contributed by atoms with Crippen LogP contribution in [-0.2, 0) is 24.2 Å². The molecule has 0 saturated carbocycles. The van der Waals surface area contributed by atoms with Crippen LogP contribution in [0.2, 0.25) is 0 Å². The smallest absolute Gasteiger partial charge is 0.246 e. The Hall–Kier alpha value is -2.18. The molecule has 0 atom stereocenters. The van der Waals surface area contributed by atoms with Crippen LogP contribution in [0, 0.1) is 0 Å². The standard InChI is InChI=1S/C13H19N5O2/c1-3-4-11-16-12(20-17-11)9-18(2)13(19)6-5-10-7-14-15-8-10/h7-8H,3-6,9H2,1-2H3,(H,14,15). The van der Waals surface area contributed by atoms with Gasteiger partial charge in [-0.05, 0) is 18.4 Å². The van der Waals surface area contributed by atoms with E-state index in [2.05, 4.69) is 27.3 Å². The van der Waals surface area contributed by atoms with Gasteiger partial charge in [0.2, 0.25) is 11.8 Å². The zero-order valence-electron chi connectivity index (χ0n) is 11.8. The summed E-state index contributed by atoms with van der Waals surface area (Å²) >= 11 is 0. The molecule has 1 amide bonds. The van der Waals surface area contributed by atoms with E-state index in [1.165, 1.54) is 0 Å². The highest BCUT2D eigenvalue weighted by Gasteiger charge is 2.13. The Labute approximate surface area is 117 Å². The van der Waals surface area contributed by atoms with Gasteiger partial charge >= 0.3 is 0 Å². The third-order valence-corrected chi connectivity index (χ3v) is 2.96. The lowest BCUT2D eigenvalue weighted by atomic mass is 10.2. The van der Waals surface area contributed by atoms with Crippen molar-refractivity contribution in [1.82, 2.24) is 25.2 Å². The van der Waals surface area contributed by atoms with Gasteiger partial charge in [-0.15, -0.1) is 0 Å². The Kier molecular flexibility index (Phi) is 4.86. The molecule has 1 N–H and O–H groups in total. The van der Waals surface area contributed by atoms with Crippen LogP contribution in [0.15, 0.2) is 16.9 Å². The van der Waals surface area contributed by atoms with Crippen LogP contribution < -0.4 is 0 Å². The zero-order chi connectivity index (χ0) is 14.4. The molecule has 0 aliphatic carbocycles. The van der Waals surface area contributed by atoms with Crippen molar-refractivity contribution in [2.45, 2.75) is 39.2 Å². The van der Waals surface area contributed by atoms with Crippen LogP contribution in [0.1, 0.15) is 37.0 Å². The average Bonchev–Trinajstić information content (AvgIpc) is 3.08.